The van der Waals surface area contributed by atoms with Gasteiger partial charge in [-0.05, 0) is 95.4 Å². The molecule has 59 heavy (non-hydrogen) atoms. The zero-order valence-electron chi connectivity index (χ0n) is 33.0. The highest BCUT2D eigenvalue weighted by atomic mass is 14.9. The van der Waals surface area contributed by atoms with Crippen molar-refractivity contribution >= 4 is 21.5 Å². The number of hydrogen-bond donors (Lipinski definition) is 0. The second kappa shape index (κ2) is 13.9. The van der Waals surface area contributed by atoms with Gasteiger partial charge in [0.15, 0.2) is 5.82 Å². The molecule has 0 aliphatic heterocycles. The van der Waals surface area contributed by atoms with Crippen LogP contribution < -0.4 is 0 Å². The third kappa shape index (κ3) is 5.96. The van der Waals surface area contributed by atoms with Crippen LogP contribution in [0.4, 0.5) is 0 Å². The van der Waals surface area contributed by atoms with Crippen LogP contribution in [0, 0.1) is 0 Å². The zero-order valence-corrected chi connectivity index (χ0v) is 33.0. The average Bonchev–Trinajstić information content (AvgIpc) is 3.53. The first-order valence-electron chi connectivity index (χ1n) is 20.4. The Kier molecular flexibility index (Phi) is 8.20. The lowest BCUT2D eigenvalue weighted by Gasteiger charge is -2.22. The first-order valence-corrected chi connectivity index (χ1v) is 20.4. The average molecular weight is 753 g/mol. The molecule has 2 heteroatoms. The lowest BCUT2D eigenvalue weighted by Crippen LogP contribution is -2.14. The second-order valence-corrected chi connectivity index (χ2v) is 16.2. The van der Waals surface area contributed by atoms with Crippen molar-refractivity contribution in [2.45, 2.75) is 19.3 Å². The van der Waals surface area contributed by atoms with Gasteiger partial charge in [0, 0.05) is 22.1 Å². The number of fused-ring (bicyclic) bond motifs is 5. The molecule has 0 spiro atoms. The molecule has 0 saturated heterocycles. The molecule has 1 aromatic heterocycles. The summed E-state index contributed by atoms with van der Waals surface area (Å²) in [5.41, 5.74) is 17.3. The molecule has 0 N–H and O–H groups in total. The molecular formula is C57H40N2. The molecule has 0 saturated carbocycles. The van der Waals surface area contributed by atoms with E-state index in [4.69, 9.17) is 9.97 Å². The van der Waals surface area contributed by atoms with Crippen molar-refractivity contribution in [2.24, 2.45) is 0 Å². The highest BCUT2D eigenvalue weighted by Gasteiger charge is 2.37. The zero-order chi connectivity index (χ0) is 39.5. The van der Waals surface area contributed by atoms with E-state index in [1.165, 1.54) is 71.8 Å². The van der Waals surface area contributed by atoms with Crippen LogP contribution in [-0.2, 0) is 5.41 Å². The van der Waals surface area contributed by atoms with E-state index in [-0.39, 0.29) is 5.41 Å². The monoisotopic (exact) mass is 752 g/mol. The molecule has 0 amide bonds. The quantitative estimate of drug-likeness (QED) is 0.169. The normalized spacial score (nSPS) is 12.7. The Hall–Kier alpha value is -7.42. The van der Waals surface area contributed by atoms with Crippen molar-refractivity contribution in [2.75, 3.05) is 0 Å². The van der Waals surface area contributed by atoms with Crippen LogP contribution in [0.1, 0.15) is 25.0 Å². The molecule has 0 radical (unpaired) electrons. The van der Waals surface area contributed by atoms with Gasteiger partial charge in [-0.25, -0.2) is 9.97 Å². The summed E-state index contributed by atoms with van der Waals surface area (Å²) in [6.45, 7) is 4.70. The van der Waals surface area contributed by atoms with Gasteiger partial charge in [0.2, 0.25) is 0 Å². The van der Waals surface area contributed by atoms with E-state index in [2.05, 4.69) is 214 Å². The summed E-state index contributed by atoms with van der Waals surface area (Å²) in [4.78, 5) is 10.7. The summed E-state index contributed by atoms with van der Waals surface area (Å²) in [7, 11) is 0. The van der Waals surface area contributed by atoms with Crippen molar-refractivity contribution in [3.8, 4) is 78.4 Å². The van der Waals surface area contributed by atoms with E-state index in [0.29, 0.717) is 5.82 Å². The van der Waals surface area contributed by atoms with Crippen LogP contribution in [0.15, 0.2) is 206 Å². The Morgan fingerprint density at radius 2 is 0.814 bits per heavy atom. The highest BCUT2D eigenvalue weighted by molar-refractivity contribution is 6.05. The minimum absolute atomic E-state index is 0.153. The van der Waals surface area contributed by atoms with Crippen LogP contribution in [-0.4, -0.2) is 9.97 Å². The number of rotatable bonds is 6. The molecule has 2 nitrogen and oxygen atoms in total. The van der Waals surface area contributed by atoms with E-state index in [1.807, 2.05) is 6.07 Å². The summed E-state index contributed by atoms with van der Waals surface area (Å²) < 4.78 is 0. The Morgan fingerprint density at radius 3 is 1.46 bits per heavy atom. The van der Waals surface area contributed by atoms with E-state index in [1.54, 1.807) is 0 Å². The summed E-state index contributed by atoms with van der Waals surface area (Å²) in [5, 5.41) is 4.86. The largest absolute Gasteiger partial charge is 0.228 e. The molecule has 0 atom stereocenters. The van der Waals surface area contributed by atoms with Gasteiger partial charge in [0.25, 0.3) is 0 Å². The lowest BCUT2D eigenvalue weighted by atomic mass is 9.81. The molecular weight excluding hydrogens is 713 g/mol. The SMILES string of the molecule is CC1(C)c2cc3ccccc3cc2-c2c(-c3cc(-c4ccc(-c5ccc(-c6ccc(-c7ccccc7)cc6)cc5)c5ccccc45)nc(-c4ccccc4)n3)cccc21. The molecule has 0 bridgehead atoms. The van der Waals surface area contributed by atoms with Crippen molar-refractivity contribution in [3.63, 3.8) is 0 Å². The topological polar surface area (TPSA) is 25.8 Å². The van der Waals surface area contributed by atoms with E-state index in [9.17, 15) is 0 Å². The first kappa shape index (κ1) is 34.8. The molecule has 1 heterocycles. The third-order valence-electron chi connectivity index (χ3n) is 12.3. The van der Waals surface area contributed by atoms with Crippen LogP contribution in [0.5, 0.6) is 0 Å². The van der Waals surface area contributed by atoms with Crippen molar-refractivity contribution < 1.29 is 0 Å². The Bertz CT molecular complexity index is 3200. The van der Waals surface area contributed by atoms with Gasteiger partial charge in [-0.3, -0.25) is 0 Å². The third-order valence-corrected chi connectivity index (χ3v) is 12.3. The summed E-state index contributed by atoms with van der Waals surface area (Å²) in [5.74, 6) is 0.715. The van der Waals surface area contributed by atoms with Crippen molar-refractivity contribution in [1.29, 1.82) is 0 Å². The standard InChI is InChI=1S/C57H40N2/c1-57(2)51-23-13-22-49(55(51)50-34-43-18-9-10-19-44(43)35-52(50)57)54-36-53(58-56(59-54)42-16-7-4-8-17-42)48-33-32-45(46-20-11-12-21-47(46)48)41-30-28-40(29-31-41)39-26-24-38(25-27-39)37-14-5-3-6-15-37/h3-36H,1-2H3. The molecule has 1 aliphatic rings. The Morgan fingerprint density at radius 1 is 0.322 bits per heavy atom. The van der Waals surface area contributed by atoms with Gasteiger partial charge in [-0.15, -0.1) is 0 Å². The molecule has 10 aromatic rings. The first-order chi connectivity index (χ1) is 29.0. The predicted octanol–water partition coefficient (Wildman–Crippen LogP) is 15.1. The lowest BCUT2D eigenvalue weighted by molar-refractivity contribution is 0.661. The Balaban J connectivity index is 1.03. The van der Waals surface area contributed by atoms with Gasteiger partial charge < -0.3 is 0 Å². The van der Waals surface area contributed by atoms with E-state index < -0.39 is 0 Å². The fourth-order valence-electron chi connectivity index (χ4n) is 9.23. The van der Waals surface area contributed by atoms with Gasteiger partial charge >= 0.3 is 0 Å². The maximum absolute atomic E-state index is 5.35. The number of nitrogens with zero attached hydrogens (tertiary/aromatic N) is 2. The van der Waals surface area contributed by atoms with Crippen molar-refractivity contribution in [1.82, 2.24) is 9.97 Å². The summed E-state index contributed by atoms with van der Waals surface area (Å²) in [6, 6.07) is 74.3. The summed E-state index contributed by atoms with van der Waals surface area (Å²) in [6.07, 6.45) is 0. The Labute approximate surface area is 345 Å². The van der Waals surface area contributed by atoms with Gasteiger partial charge in [-0.1, -0.05) is 202 Å². The number of aromatic nitrogens is 2. The van der Waals surface area contributed by atoms with Gasteiger partial charge in [-0.2, -0.15) is 0 Å². The number of benzene rings is 9. The minimum Gasteiger partial charge on any atom is -0.228 e. The highest BCUT2D eigenvalue weighted by Crippen LogP contribution is 2.53. The fraction of sp³-hybridized carbons (Fsp3) is 0.0526. The molecule has 9 aromatic carbocycles. The van der Waals surface area contributed by atoms with Gasteiger partial charge in [0.1, 0.15) is 0 Å². The maximum atomic E-state index is 5.35. The van der Waals surface area contributed by atoms with Crippen molar-refractivity contribution in [3.05, 3.63) is 217 Å². The second-order valence-electron chi connectivity index (χ2n) is 16.2. The van der Waals surface area contributed by atoms with Crippen LogP contribution in [0.25, 0.3) is 100.0 Å². The molecule has 278 valence electrons. The molecule has 11 rings (SSSR count). The molecule has 1 aliphatic carbocycles. The summed E-state index contributed by atoms with van der Waals surface area (Å²) >= 11 is 0. The fourth-order valence-corrected chi connectivity index (χ4v) is 9.23. The molecule has 0 unspecified atom stereocenters. The van der Waals surface area contributed by atoms with E-state index >= 15 is 0 Å². The minimum atomic E-state index is -0.153. The smallest absolute Gasteiger partial charge is 0.160 e. The van der Waals surface area contributed by atoms with Gasteiger partial charge in [0.05, 0.1) is 11.4 Å². The number of hydrogen-bond acceptors (Lipinski definition) is 2. The maximum Gasteiger partial charge on any atom is 0.160 e. The van der Waals surface area contributed by atoms with Crippen LogP contribution in [0.3, 0.4) is 0 Å². The predicted molar refractivity (Wildman–Crippen MR) is 247 cm³/mol. The van der Waals surface area contributed by atoms with E-state index in [0.717, 1.165) is 33.5 Å². The van der Waals surface area contributed by atoms with Crippen LogP contribution in [0.2, 0.25) is 0 Å². The van der Waals surface area contributed by atoms with Crippen LogP contribution >= 0.6 is 0 Å². The molecule has 0 fully saturated rings.